The number of benzene rings is 8. The number of aromatic nitrogens is 5. The molecular formula is C54H30F9N5. The number of alkyl halides is 9. The van der Waals surface area contributed by atoms with Crippen LogP contribution in [0.5, 0.6) is 0 Å². The summed E-state index contributed by atoms with van der Waals surface area (Å²) in [5.41, 5.74) is 1.17. The Hall–Kier alpha value is -8.26. The quantitative estimate of drug-likeness (QED) is 0.156. The molecule has 0 fully saturated rings. The van der Waals surface area contributed by atoms with Crippen LogP contribution in [-0.4, -0.2) is 24.1 Å². The molecule has 14 heteroatoms. The normalized spacial score (nSPS) is 12.5. The van der Waals surface area contributed by atoms with Gasteiger partial charge in [0.25, 0.3) is 0 Å². The Bertz CT molecular complexity index is 3700. The number of rotatable bonds is 6. The zero-order chi connectivity index (χ0) is 47.1. The molecule has 68 heavy (non-hydrogen) atoms. The Morgan fingerprint density at radius 1 is 0.294 bits per heavy atom. The third-order valence-corrected chi connectivity index (χ3v) is 12.1. The maximum Gasteiger partial charge on any atom is 0.416 e. The molecule has 0 saturated carbocycles. The molecule has 0 aliphatic carbocycles. The van der Waals surface area contributed by atoms with Gasteiger partial charge in [-0.15, -0.1) is 0 Å². The predicted molar refractivity (Wildman–Crippen MR) is 245 cm³/mol. The predicted octanol–water partition coefficient (Wildman–Crippen LogP) is 15.8. The zero-order valence-corrected chi connectivity index (χ0v) is 35.0. The van der Waals surface area contributed by atoms with Crippen LogP contribution in [0, 0.1) is 0 Å². The molecule has 0 aliphatic heterocycles. The highest BCUT2D eigenvalue weighted by Gasteiger charge is 2.35. The highest BCUT2D eigenvalue weighted by Crippen LogP contribution is 2.45. The minimum atomic E-state index is -4.85. The van der Waals surface area contributed by atoms with E-state index in [2.05, 4.69) is 0 Å². The van der Waals surface area contributed by atoms with Crippen molar-refractivity contribution in [3.63, 3.8) is 0 Å². The summed E-state index contributed by atoms with van der Waals surface area (Å²) in [6.45, 7) is 0. The molecular weight excluding hydrogens is 890 g/mol. The fourth-order valence-corrected chi connectivity index (χ4v) is 8.96. The smallest absolute Gasteiger partial charge is 0.309 e. The summed E-state index contributed by atoms with van der Waals surface area (Å²) in [6, 6.07) is 46.6. The maximum atomic E-state index is 14.9. The molecule has 3 aromatic heterocycles. The standard InChI is InChI=1S/C54H30F9N5/c55-52(56,57)34-21-25-46-41(28-34)37-15-7-9-17-43(37)67(46)45-24-19-33(51-65-49(31-11-3-1-4-12-31)64-50(66-51)32-13-5-2-6-14-32)27-40(45)39-23-20-36(54(61,62)63)30-48(39)68-44-18-10-8-16-38(44)42-29-35(53(58,59)60)22-26-47(42)68/h1-30H. The lowest BCUT2D eigenvalue weighted by Gasteiger charge is -2.21. The zero-order valence-electron chi connectivity index (χ0n) is 35.0. The Morgan fingerprint density at radius 2 is 0.691 bits per heavy atom. The molecule has 3 heterocycles. The summed E-state index contributed by atoms with van der Waals surface area (Å²) in [4.78, 5) is 14.6. The van der Waals surface area contributed by atoms with Crippen LogP contribution in [0.15, 0.2) is 182 Å². The Morgan fingerprint density at radius 3 is 1.18 bits per heavy atom. The van der Waals surface area contributed by atoms with Gasteiger partial charge in [-0.25, -0.2) is 15.0 Å². The first-order valence-corrected chi connectivity index (χ1v) is 21.1. The molecule has 334 valence electrons. The number of halogens is 9. The molecule has 0 aliphatic rings. The molecule has 0 spiro atoms. The monoisotopic (exact) mass is 919 g/mol. The van der Waals surface area contributed by atoms with Crippen molar-refractivity contribution in [3.8, 4) is 56.7 Å². The second-order valence-corrected chi connectivity index (χ2v) is 16.2. The first-order valence-electron chi connectivity index (χ1n) is 21.1. The van der Waals surface area contributed by atoms with Crippen LogP contribution in [0.3, 0.4) is 0 Å². The van der Waals surface area contributed by atoms with Gasteiger partial charge in [-0.2, -0.15) is 39.5 Å². The second kappa shape index (κ2) is 15.7. The van der Waals surface area contributed by atoms with Crippen LogP contribution >= 0.6 is 0 Å². The summed E-state index contributed by atoms with van der Waals surface area (Å²) in [6.07, 6.45) is -14.2. The molecule has 0 radical (unpaired) electrons. The SMILES string of the molecule is FC(F)(F)c1ccc(-c2cc(-c3nc(-c4ccccc4)nc(-c4ccccc4)n3)ccc2-n2c3ccccc3c3cc(C(F)(F)F)ccc32)c(-n2c3ccccc3c3cc(C(F)(F)F)ccc32)c1. The number of hydrogen-bond acceptors (Lipinski definition) is 3. The van der Waals surface area contributed by atoms with E-state index in [9.17, 15) is 39.5 Å². The van der Waals surface area contributed by atoms with Crippen molar-refractivity contribution in [2.24, 2.45) is 0 Å². The Labute approximate surface area is 380 Å². The van der Waals surface area contributed by atoms with Crippen molar-refractivity contribution in [1.82, 2.24) is 24.1 Å². The minimum absolute atomic E-state index is 0.0325. The minimum Gasteiger partial charge on any atom is -0.309 e. The van der Waals surface area contributed by atoms with E-state index < -0.39 is 35.2 Å². The molecule has 5 nitrogen and oxygen atoms in total. The van der Waals surface area contributed by atoms with Gasteiger partial charge in [0.05, 0.1) is 50.1 Å². The molecule has 0 unspecified atom stereocenters. The van der Waals surface area contributed by atoms with Gasteiger partial charge < -0.3 is 9.13 Å². The van der Waals surface area contributed by atoms with Gasteiger partial charge >= 0.3 is 18.5 Å². The van der Waals surface area contributed by atoms with E-state index in [1.54, 1.807) is 71.3 Å². The lowest BCUT2D eigenvalue weighted by atomic mass is 9.96. The van der Waals surface area contributed by atoms with E-state index in [-0.39, 0.29) is 33.4 Å². The largest absolute Gasteiger partial charge is 0.416 e. The van der Waals surface area contributed by atoms with Crippen LogP contribution in [0.25, 0.3) is 100 Å². The molecule has 0 N–H and O–H groups in total. The first kappa shape index (κ1) is 42.4. The van der Waals surface area contributed by atoms with E-state index in [1.807, 2.05) is 60.7 Å². The van der Waals surface area contributed by atoms with Crippen molar-refractivity contribution < 1.29 is 39.5 Å². The number of fused-ring (bicyclic) bond motifs is 6. The van der Waals surface area contributed by atoms with Crippen LogP contribution in [0.1, 0.15) is 16.7 Å². The maximum absolute atomic E-state index is 14.9. The van der Waals surface area contributed by atoms with Crippen molar-refractivity contribution in [2.75, 3.05) is 0 Å². The van der Waals surface area contributed by atoms with Crippen LogP contribution < -0.4 is 0 Å². The molecule has 11 aromatic rings. The van der Waals surface area contributed by atoms with E-state index in [4.69, 9.17) is 15.0 Å². The van der Waals surface area contributed by atoms with Crippen LogP contribution in [0.4, 0.5) is 39.5 Å². The van der Waals surface area contributed by atoms with Crippen molar-refractivity contribution in [3.05, 3.63) is 199 Å². The third-order valence-electron chi connectivity index (χ3n) is 12.1. The summed E-state index contributed by atoms with van der Waals surface area (Å²) >= 11 is 0. The highest BCUT2D eigenvalue weighted by molar-refractivity contribution is 6.12. The summed E-state index contributed by atoms with van der Waals surface area (Å²) in [7, 11) is 0. The van der Waals surface area contributed by atoms with Gasteiger partial charge in [0.15, 0.2) is 17.5 Å². The van der Waals surface area contributed by atoms with E-state index >= 15 is 0 Å². The molecule has 8 aromatic carbocycles. The van der Waals surface area contributed by atoms with Crippen molar-refractivity contribution in [1.29, 1.82) is 0 Å². The number of nitrogens with zero attached hydrogens (tertiary/aromatic N) is 5. The van der Waals surface area contributed by atoms with Gasteiger partial charge in [-0.3, -0.25) is 0 Å². The van der Waals surface area contributed by atoms with Gasteiger partial charge in [0.1, 0.15) is 0 Å². The lowest BCUT2D eigenvalue weighted by Crippen LogP contribution is -2.08. The molecule has 0 amide bonds. The Balaban J connectivity index is 1.26. The summed E-state index contributed by atoms with van der Waals surface area (Å²) < 4.78 is 133. The van der Waals surface area contributed by atoms with Gasteiger partial charge in [-0.05, 0) is 78.9 Å². The average Bonchev–Trinajstić information content (AvgIpc) is 3.85. The fourth-order valence-electron chi connectivity index (χ4n) is 8.96. The average molecular weight is 920 g/mol. The van der Waals surface area contributed by atoms with Crippen LogP contribution in [-0.2, 0) is 18.5 Å². The molecule has 11 rings (SSSR count). The van der Waals surface area contributed by atoms with E-state index in [0.29, 0.717) is 66.9 Å². The van der Waals surface area contributed by atoms with Gasteiger partial charge in [-0.1, -0.05) is 103 Å². The molecule has 0 bridgehead atoms. The van der Waals surface area contributed by atoms with Crippen molar-refractivity contribution in [2.45, 2.75) is 18.5 Å². The first-order chi connectivity index (χ1) is 32.6. The van der Waals surface area contributed by atoms with Crippen molar-refractivity contribution >= 4 is 43.6 Å². The van der Waals surface area contributed by atoms with Gasteiger partial charge in [0.2, 0.25) is 0 Å². The Kier molecular flexibility index (Phi) is 9.78. The third kappa shape index (κ3) is 7.28. The topological polar surface area (TPSA) is 48.5 Å². The fraction of sp³-hybridized carbons (Fsp3) is 0.0556. The molecule has 0 atom stereocenters. The highest BCUT2D eigenvalue weighted by atomic mass is 19.4. The van der Waals surface area contributed by atoms with E-state index in [1.165, 1.54) is 22.8 Å². The number of para-hydroxylation sites is 2. The lowest BCUT2D eigenvalue weighted by molar-refractivity contribution is -0.138. The molecule has 0 saturated heterocycles. The second-order valence-electron chi connectivity index (χ2n) is 16.2. The van der Waals surface area contributed by atoms with Gasteiger partial charge in [0, 0.05) is 49.4 Å². The van der Waals surface area contributed by atoms with Crippen LogP contribution in [0.2, 0.25) is 0 Å². The summed E-state index contributed by atoms with van der Waals surface area (Å²) in [5, 5.41) is 1.28. The summed E-state index contributed by atoms with van der Waals surface area (Å²) in [5.74, 6) is 0.871. The number of hydrogen-bond donors (Lipinski definition) is 0. The van der Waals surface area contributed by atoms with E-state index in [0.717, 1.165) is 36.4 Å².